The zero-order valence-electron chi connectivity index (χ0n) is 20.8. The molecule has 1 amide bonds. The molecule has 0 unspecified atom stereocenters. The van der Waals surface area contributed by atoms with Gasteiger partial charge in [0.05, 0.1) is 22.0 Å². The van der Waals surface area contributed by atoms with Crippen molar-refractivity contribution in [1.82, 2.24) is 15.0 Å². The van der Waals surface area contributed by atoms with Gasteiger partial charge >= 0.3 is 0 Å². The number of nitrogens with one attached hydrogen (secondary N) is 1. The lowest BCUT2D eigenvalue weighted by molar-refractivity contribution is -0.117. The molecule has 0 aliphatic carbocycles. The molecule has 1 fully saturated rings. The second-order valence-corrected chi connectivity index (χ2v) is 11.4. The first-order valence-corrected chi connectivity index (χ1v) is 14.3. The summed E-state index contributed by atoms with van der Waals surface area (Å²) < 4.78 is 72.7. The van der Waals surface area contributed by atoms with Gasteiger partial charge in [-0.25, -0.2) is 36.5 Å². The van der Waals surface area contributed by atoms with Crippen LogP contribution in [0.1, 0.15) is 31.2 Å². The van der Waals surface area contributed by atoms with Crippen LogP contribution in [0.2, 0.25) is 0 Å². The maximum atomic E-state index is 15.9. The first kappa shape index (κ1) is 26.8. The lowest BCUT2D eigenvalue weighted by Gasteiger charge is -2.13. The molecule has 0 saturated carbocycles. The summed E-state index contributed by atoms with van der Waals surface area (Å²) in [5.41, 5.74) is -0.0921. The number of carbonyl (C=O) groups excluding carboxylic acids is 1. The fraction of sp³-hybridized carbons (Fsp3) is 0.231. The van der Waals surface area contributed by atoms with Crippen LogP contribution in [-0.2, 0) is 21.2 Å². The highest BCUT2D eigenvalue weighted by atomic mass is 32.2. The van der Waals surface area contributed by atoms with Gasteiger partial charge in [-0.05, 0) is 43.2 Å². The minimum atomic E-state index is -4.84. The Kier molecular flexibility index (Phi) is 7.12. The predicted octanol–water partition coefficient (Wildman–Crippen LogP) is 5.48. The molecule has 1 aliphatic heterocycles. The zero-order valence-corrected chi connectivity index (χ0v) is 22.5. The van der Waals surface area contributed by atoms with E-state index in [0.717, 1.165) is 29.5 Å². The molecule has 0 bridgehead atoms. The van der Waals surface area contributed by atoms with Crippen LogP contribution < -0.4 is 9.62 Å². The van der Waals surface area contributed by atoms with Crippen LogP contribution in [0, 0.1) is 24.4 Å². The van der Waals surface area contributed by atoms with Crippen LogP contribution in [-0.4, -0.2) is 35.8 Å². The molecule has 1 N–H and O–H groups in total. The zero-order chi connectivity index (χ0) is 27.9. The average Bonchev–Trinajstić information content (AvgIpc) is 3.54. The molecular formula is C26H22F3N5O3S2. The van der Waals surface area contributed by atoms with E-state index >= 15 is 4.39 Å². The van der Waals surface area contributed by atoms with E-state index in [1.54, 1.807) is 12.3 Å². The Morgan fingerprint density at radius 2 is 1.87 bits per heavy atom. The molecule has 1 aliphatic rings. The Morgan fingerprint density at radius 1 is 1.08 bits per heavy atom. The molecule has 39 heavy (non-hydrogen) atoms. The second-order valence-electron chi connectivity index (χ2n) is 8.81. The molecule has 3 heterocycles. The summed E-state index contributed by atoms with van der Waals surface area (Å²) in [5.74, 6) is -3.14. The van der Waals surface area contributed by atoms with Gasteiger partial charge in [-0.2, -0.15) is 0 Å². The van der Waals surface area contributed by atoms with E-state index in [2.05, 4.69) is 15.0 Å². The number of halogens is 3. The first-order chi connectivity index (χ1) is 18.6. The summed E-state index contributed by atoms with van der Waals surface area (Å²) in [6.07, 6.45) is 3.15. The Hall–Kier alpha value is -3.84. The SMILES string of the molecule is CCc1nccc(-c2sc(N3CCCC3=O)nc2-c2cccc(NS(=O)(=O)c3c(F)ccc(C)c3F)c2F)n1. The first-order valence-electron chi connectivity index (χ1n) is 12.0. The van der Waals surface area contributed by atoms with E-state index in [1.165, 1.54) is 24.0 Å². The number of aryl methyl sites for hydroxylation is 2. The van der Waals surface area contributed by atoms with Gasteiger partial charge in [0.1, 0.15) is 17.5 Å². The summed E-state index contributed by atoms with van der Waals surface area (Å²) in [4.78, 5) is 26.5. The summed E-state index contributed by atoms with van der Waals surface area (Å²) in [5, 5.41) is 0.355. The Morgan fingerprint density at radius 3 is 2.59 bits per heavy atom. The van der Waals surface area contributed by atoms with Gasteiger partial charge in [-0.15, -0.1) is 0 Å². The number of benzene rings is 2. The van der Waals surface area contributed by atoms with E-state index in [-0.39, 0.29) is 22.7 Å². The molecular weight excluding hydrogens is 551 g/mol. The van der Waals surface area contributed by atoms with Gasteiger partial charge in [0, 0.05) is 31.1 Å². The number of carbonyl (C=O) groups is 1. The lowest BCUT2D eigenvalue weighted by atomic mass is 10.1. The summed E-state index contributed by atoms with van der Waals surface area (Å²) in [6.45, 7) is 3.64. The molecule has 202 valence electrons. The molecule has 5 rings (SSSR count). The minimum absolute atomic E-state index is 0.0822. The number of rotatable bonds is 7. The van der Waals surface area contributed by atoms with Crippen molar-refractivity contribution in [3.05, 3.63) is 71.4 Å². The summed E-state index contributed by atoms with van der Waals surface area (Å²) in [6, 6.07) is 7.50. The van der Waals surface area contributed by atoms with E-state index in [9.17, 15) is 22.0 Å². The third-order valence-corrected chi connectivity index (χ3v) is 8.68. The Balaban J connectivity index is 1.63. The van der Waals surface area contributed by atoms with Gasteiger partial charge in [-0.1, -0.05) is 30.4 Å². The number of anilines is 2. The van der Waals surface area contributed by atoms with Crippen molar-refractivity contribution in [3.63, 3.8) is 0 Å². The van der Waals surface area contributed by atoms with Gasteiger partial charge in [-0.3, -0.25) is 14.4 Å². The predicted molar refractivity (Wildman–Crippen MR) is 141 cm³/mol. The number of aromatic nitrogens is 3. The van der Waals surface area contributed by atoms with Crippen molar-refractivity contribution >= 4 is 38.1 Å². The molecule has 1 saturated heterocycles. The lowest BCUT2D eigenvalue weighted by Crippen LogP contribution is -2.23. The monoisotopic (exact) mass is 573 g/mol. The van der Waals surface area contributed by atoms with Crippen molar-refractivity contribution in [2.75, 3.05) is 16.2 Å². The number of nitrogens with zero attached hydrogens (tertiary/aromatic N) is 4. The van der Waals surface area contributed by atoms with Crippen molar-refractivity contribution in [2.24, 2.45) is 0 Å². The largest absolute Gasteiger partial charge is 0.288 e. The van der Waals surface area contributed by atoms with Crippen molar-refractivity contribution in [3.8, 4) is 21.8 Å². The van der Waals surface area contributed by atoms with Gasteiger partial charge in [0.25, 0.3) is 10.0 Å². The minimum Gasteiger partial charge on any atom is -0.288 e. The number of hydrogen-bond donors (Lipinski definition) is 1. The molecule has 2 aromatic heterocycles. The molecule has 0 spiro atoms. The van der Waals surface area contributed by atoms with Gasteiger partial charge in [0.15, 0.2) is 15.8 Å². The Labute approximate surface area is 226 Å². The number of sulfonamides is 1. The molecule has 4 aromatic rings. The van der Waals surface area contributed by atoms with Crippen molar-refractivity contribution < 1.29 is 26.4 Å². The maximum Gasteiger partial charge on any atom is 0.267 e. The molecule has 8 nitrogen and oxygen atoms in total. The number of thiazole rings is 1. The van der Waals surface area contributed by atoms with Gasteiger partial charge in [0.2, 0.25) is 5.91 Å². The fourth-order valence-corrected chi connectivity index (χ4v) is 6.56. The molecule has 13 heteroatoms. The van der Waals surface area contributed by atoms with Crippen LogP contribution >= 0.6 is 11.3 Å². The fourth-order valence-electron chi connectivity index (χ4n) is 4.19. The van der Waals surface area contributed by atoms with Crippen LogP contribution in [0.15, 0.2) is 47.5 Å². The molecule has 0 radical (unpaired) electrons. The second kappa shape index (κ2) is 10.4. The summed E-state index contributed by atoms with van der Waals surface area (Å²) >= 11 is 1.16. The van der Waals surface area contributed by atoms with Crippen LogP contribution in [0.4, 0.5) is 24.0 Å². The average molecular weight is 574 g/mol. The van der Waals surface area contributed by atoms with Crippen molar-refractivity contribution in [2.45, 2.75) is 38.0 Å². The normalized spacial score (nSPS) is 13.8. The molecule has 2 aromatic carbocycles. The quantitative estimate of drug-likeness (QED) is 0.314. The Bertz CT molecular complexity index is 1710. The summed E-state index contributed by atoms with van der Waals surface area (Å²) in [7, 11) is -4.84. The van der Waals surface area contributed by atoms with Crippen LogP contribution in [0.25, 0.3) is 21.8 Å². The third-order valence-electron chi connectivity index (χ3n) is 6.18. The number of amides is 1. The van der Waals surface area contributed by atoms with Crippen LogP contribution in [0.5, 0.6) is 0 Å². The van der Waals surface area contributed by atoms with Gasteiger partial charge < -0.3 is 0 Å². The highest BCUT2D eigenvalue weighted by molar-refractivity contribution is 7.92. The highest BCUT2D eigenvalue weighted by Gasteiger charge is 2.30. The van der Waals surface area contributed by atoms with E-state index in [1.807, 2.05) is 11.6 Å². The van der Waals surface area contributed by atoms with E-state index in [4.69, 9.17) is 0 Å². The topological polar surface area (TPSA) is 105 Å². The maximum absolute atomic E-state index is 15.9. The highest BCUT2D eigenvalue weighted by Crippen LogP contribution is 2.42. The number of hydrogen-bond acceptors (Lipinski definition) is 7. The smallest absolute Gasteiger partial charge is 0.267 e. The third kappa shape index (κ3) is 4.99. The van der Waals surface area contributed by atoms with E-state index in [0.29, 0.717) is 47.3 Å². The van der Waals surface area contributed by atoms with Crippen LogP contribution in [0.3, 0.4) is 0 Å². The standard InChI is InChI=1S/C26H22F3N5O3S2/c1-3-19-30-12-11-18(31-19)24-23(32-26(38-24)34-13-5-8-20(34)35)15-6-4-7-17(22(15)29)33-39(36,37)25-16(27)10-9-14(2)21(25)28/h4,6-7,9-12,33H,3,5,8,13H2,1-2H3. The molecule has 0 atom stereocenters. The van der Waals surface area contributed by atoms with E-state index < -0.39 is 38.1 Å². The van der Waals surface area contributed by atoms with Crippen molar-refractivity contribution in [1.29, 1.82) is 0 Å².